The third kappa shape index (κ3) is 7.70. The van der Waals surface area contributed by atoms with E-state index in [0.29, 0.717) is 31.0 Å². The first-order valence-electron chi connectivity index (χ1n) is 12.9. The molecule has 4 rings (SSSR count). The quantitative estimate of drug-likeness (QED) is 0.532. The zero-order valence-electron chi connectivity index (χ0n) is 20.8. The summed E-state index contributed by atoms with van der Waals surface area (Å²) in [6.07, 6.45) is -0.756. The van der Waals surface area contributed by atoms with Crippen LogP contribution in [0.4, 0.5) is 18.9 Å². The van der Waals surface area contributed by atoms with Gasteiger partial charge in [0.1, 0.15) is 11.8 Å². The Balaban J connectivity index is 1.44. The van der Waals surface area contributed by atoms with Crippen molar-refractivity contribution in [2.75, 3.05) is 37.6 Å². The van der Waals surface area contributed by atoms with Gasteiger partial charge in [0, 0.05) is 30.8 Å². The predicted molar refractivity (Wildman–Crippen MR) is 135 cm³/mol. The summed E-state index contributed by atoms with van der Waals surface area (Å²) in [5.74, 6) is -0.410. The number of hydrogen-bond donors (Lipinski definition) is 1. The van der Waals surface area contributed by atoms with Crippen LogP contribution in [-0.2, 0) is 11.3 Å². The third-order valence-electron chi connectivity index (χ3n) is 7.29. The van der Waals surface area contributed by atoms with Crippen molar-refractivity contribution in [3.05, 3.63) is 59.7 Å². The Kier molecular flexibility index (Phi) is 9.06. The second-order valence-electron chi connectivity index (χ2n) is 9.85. The van der Waals surface area contributed by atoms with E-state index in [0.717, 1.165) is 52.0 Å². The lowest BCUT2D eigenvalue weighted by molar-refractivity contribution is -0.274. The molecule has 1 amide bonds. The Morgan fingerprint density at radius 1 is 1.08 bits per heavy atom. The molecule has 2 aliphatic rings. The lowest BCUT2D eigenvalue weighted by atomic mass is 9.92. The van der Waals surface area contributed by atoms with Crippen LogP contribution in [0, 0.1) is 23.2 Å². The summed E-state index contributed by atoms with van der Waals surface area (Å²) in [4.78, 5) is 17.6. The molecule has 0 unspecified atom stereocenters. The number of benzene rings is 2. The molecule has 0 saturated carbocycles. The number of carbonyl (C=O) groups is 1. The molecule has 37 heavy (non-hydrogen) atoms. The van der Waals surface area contributed by atoms with Crippen molar-refractivity contribution in [1.29, 1.82) is 5.26 Å². The highest BCUT2D eigenvalue weighted by atomic mass is 19.4. The predicted octanol–water partition coefficient (Wildman–Crippen LogP) is 5.09. The molecule has 2 aromatic rings. The van der Waals surface area contributed by atoms with E-state index < -0.39 is 12.1 Å². The molecular formula is C28H33F3N4O2. The summed E-state index contributed by atoms with van der Waals surface area (Å²) in [6, 6.07) is 16.1. The van der Waals surface area contributed by atoms with E-state index in [4.69, 9.17) is 0 Å². The minimum absolute atomic E-state index is 0.0781. The van der Waals surface area contributed by atoms with Crippen molar-refractivity contribution < 1.29 is 22.7 Å². The van der Waals surface area contributed by atoms with E-state index in [-0.39, 0.29) is 17.4 Å². The standard InChI is InChI=1S/C28H33F3N4O2/c29-28(30,31)37-26-18-25(7-6-24(26)19-32)35(27(36)23-8-13-33-14-9-23)17-12-21-10-15-34(16-11-21)20-22-4-2-1-3-5-22/h1-7,18,21,23,33H,8-17,20H2. The van der Waals surface area contributed by atoms with Crippen molar-refractivity contribution >= 4 is 11.6 Å². The molecule has 2 fully saturated rings. The van der Waals surface area contributed by atoms with Gasteiger partial charge in [-0.05, 0) is 81.9 Å². The van der Waals surface area contributed by atoms with Crippen LogP contribution in [0.2, 0.25) is 0 Å². The number of anilines is 1. The smallest absolute Gasteiger partial charge is 0.404 e. The average molecular weight is 515 g/mol. The van der Waals surface area contributed by atoms with Crippen molar-refractivity contribution in [1.82, 2.24) is 10.2 Å². The van der Waals surface area contributed by atoms with Gasteiger partial charge in [-0.3, -0.25) is 9.69 Å². The number of carbonyl (C=O) groups excluding carboxylic acids is 1. The molecule has 9 heteroatoms. The van der Waals surface area contributed by atoms with Crippen LogP contribution in [-0.4, -0.2) is 49.9 Å². The Morgan fingerprint density at radius 3 is 2.43 bits per heavy atom. The number of nitrogens with one attached hydrogen (secondary N) is 1. The second-order valence-corrected chi connectivity index (χ2v) is 9.85. The van der Waals surface area contributed by atoms with Crippen LogP contribution < -0.4 is 15.0 Å². The average Bonchev–Trinajstić information content (AvgIpc) is 2.90. The first-order valence-corrected chi connectivity index (χ1v) is 12.9. The minimum Gasteiger partial charge on any atom is -0.404 e. The number of alkyl halides is 3. The summed E-state index contributed by atoms with van der Waals surface area (Å²) >= 11 is 0. The number of nitriles is 1. The zero-order valence-corrected chi connectivity index (χ0v) is 20.8. The minimum atomic E-state index is -4.93. The summed E-state index contributed by atoms with van der Waals surface area (Å²) in [5, 5.41) is 12.5. The summed E-state index contributed by atoms with van der Waals surface area (Å²) < 4.78 is 43.0. The molecule has 0 aromatic heterocycles. The molecule has 0 aliphatic carbocycles. The molecule has 198 valence electrons. The van der Waals surface area contributed by atoms with Crippen molar-refractivity contribution in [3.8, 4) is 11.8 Å². The van der Waals surface area contributed by atoms with Gasteiger partial charge in [0.2, 0.25) is 5.91 Å². The zero-order chi connectivity index (χ0) is 26.3. The maximum absolute atomic E-state index is 13.5. The van der Waals surface area contributed by atoms with E-state index in [1.807, 2.05) is 18.2 Å². The SMILES string of the molecule is N#Cc1ccc(N(CCC2CCN(Cc3ccccc3)CC2)C(=O)C2CCNCC2)cc1OC(F)(F)F. The summed E-state index contributed by atoms with van der Waals surface area (Å²) in [5.41, 5.74) is 1.40. The van der Waals surface area contributed by atoms with Crippen LogP contribution in [0.1, 0.15) is 43.2 Å². The first kappa shape index (κ1) is 27.0. The van der Waals surface area contributed by atoms with Crippen LogP contribution >= 0.6 is 0 Å². The number of nitrogens with zero attached hydrogens (tertiary/aromatic N) is 3. The fourth-order valence-corrected chi connectivity index (χ4v) is 5.22. The molecule has 0 radical (unpaired) electrons. The maximum atomic E-state index is 13.5. The molecular weight excluding hydrogens is 481 g/mol. The number of ether oxygens (including phenoxy) is 1. The number of hydrogen-bond acceptors (Lipinski definition) is 5. The van der Waals surface area contributed by atoms with E-state index >= 15 is 0 Å². The Bertz CT molecular complexity index is 1070. The molecule has 2 aromatic carbocycles. The molecule has 2 saturated heterocycles. The van der Waals surface area contributed by atoms with Gasteiger partial charge in [-0.25, -0.2) is 0 Å². The Labute approximate surface area is 216 Å². The molecule has 0 spiro atoms. The van der Waals surface area contributed by atoms with Gasteiger partial charge in [-0.15, -0.1) is 13.2 Å². The van der Waals surface area contributed by atoms with Crippen LogP contribution in [0.15, 0.2) is 48.5 Å². The number of likely N-dealkylation sites (tertiary alicyclic amines) is 1. The summed E-state index contributed by atoms with van der Waals surface area (Å²) in [7, 11) is 0. The fraction of sp³-hybridized carbons (Fsp3) is 0.500. The Hall–Kier alpha value is -3.09. The van der Waals surface area contributed by atoms with Gasteiger partial charge in [-0.2, -0.15) is 5.26 Å². The van der Waals surface area contributed by atoms with Gasteiger partial charge in [0.05, 0.1) is 5.56 Å². The second kappa shape index (κ2) is 12.4. The third-order valence-corrected chi connectivity index (χ3v) is 7.29. The molecule has 0 atom stereocenters. The highest BCUT2D eigenvalue weighted by Gasteiger charge is 2.33. The molecule has 6 nitrogen and oxygen atoms in total. The molecule has 1 N–H and O–H groups in total. The van der Waals surface area contributed by atoms with E-state index in [9.17, 15) is 23.2 Å². The number of piperidine rings is 2. The fourth-order valence-electron chi connectivity index (χ4n) is 5.22. The maximum Gasteiger partial charge on any atom is 0.573 e. The van der Waals surface area contributed by atoms with Gasteiger partial charge >= 0.3 is 6.36 Å². The first-order chi connectivity index (χ1) is 17.8. The molecule has 2 aliphatic heterocycles. The van der Waals surface area contributed by atoms with Crippen molar-refractivity contribution in [2.24, 2.45) is 11.8 Å². The summed E-state index contributed by atoms with van der Waals surface area (Å²) in [6.45, 7) is 4.76. The van der Waals surface area contributed by atoms with E-state index in [1.54, 1.807) is 17.0 Å². The molecule has 0 bridgehead atoms. The number of amides is 1. The highest BCUT2D eigenvalue weighted by Crippen LogP contribution is 2.32. The lowest BCUT2D eigenvalue weighted by Gasteiger charge is -2.34. The van der Waals surface area contributed by atoms with Gasteiger partial charge in [0.25, 0.3) is 0 Å². The van der Waals surface area contributed by atoms with Gasteiger partial charge in [-0.1, -0.05) is 30.3 Å². The number of halogens is 3. The van der Waals surface area contributed by atoms with Crippen LogP contribution in [0.25, 0.3) is 0 Å². The van der Waals surface area contributed by atoms with Crippen LogP contribution in [0.5, 0.6) is 5.75 Å². The van der Waals surface area contributed by atoms with E-state index in [1.165, 1.54) is 17.7 Å². The monoisotopic (exact) mass is 514 g/mol. The van der Waals surface area contributed by atoms with Gasteiger partial charge in [0.15, 0.2) is 0 Å². The van der Waals surface area contributed by atoms with E-state index in [2.05, 4.69) is 27.1 Å². The number of rotatable bonds is 8. The normalized spacial score (nSPS) is 17.8. The van der Waals surface area contributed by atoms with Gasteiger partial charge < -0.3 is 15.0 Å². The van der Waals surface area contributed by atoms with Crippen molar-refractivity contribution in [3.63, 3.8) is 0 Å². The molecule has 2 heterocycles. The lowest BCUT2D eigenvalue weighted by Crippen LogP contribution is -2.42. The highest BCUT2D eigenvalue weighted by molar-refractivity contribution is 5.95. The largest absolute Gasteiger partial charge is 0.573 e. The van der Waals surface area contributed by atoms with Crippen LogP contribution in [0.3, 0.4) is 0 Å². The van der Waals surface area contributed by atoms with Crippen molar-refractivity contribution in [2.45, 2.75) is 45.0 Å². The topological polar surface area (TPSA) is 68.6 Å². The Morgan fingerprint density at radius 2 is 1.78 bits per heavy atom.